The zero-order chi connectivity index (χ0) is 37.7. The molecule has 0 bridgehead atoms. The molecule has 268 valence electrons. The molecule has 0 atom stereocenters. The van der Waals surface area contributed by atoms with Crippen LogP contribution in [-0.2, 0) is 5.41 Å². The summed E-state index contributed by atoms with van der Waals surface area (Å²) in [5, 5.41) is 7.08. The molecule has 3 nitrogen and oxygen atoms in total. The first-order valence-electron chi connectivity index (χ1n) is 20.1. The Bertz CT molecular complexity index is 3680. The third-order valence-corrected chi connectivity index (χ3v) is 13.3. The largest absolute Gasteiger partial charge is 0.454 e. The van der Waals surface area contributed by atoms with Gasteiger partial charge in [0.25, 0.3) is 0 Å². The van der Waals surface area contributed by atoms with Crippen LogP contribution in [0.25, 0.3) is 99.2 Å². The van der Waals surface area contributed by atoms with E-state index in [1.807, 2.05) is 0 Å². The topological polar surface area (TPSA) is 23.0 Å². The van der Waals surface area contributed by atoms with Gasteiger partial charge in [0.15, 0.2) is 5.58 Å². The molecule has 0 saturated heterocycles. The van der Waals surface area contributed by atoms with Crippen LogP contribution in [0.1, 0.15) is 22.3 Å². The highest BCUT2D eigenvalue weighted by molar-refractivity contribution is 6.39. The normalized spacial score (nSPS) is 13.7. The minimum Gasteiger partial charge on any atom is -0.454 e. The summed E-state index contributed by atoms with van der Waals surface area (Å²) in [5.74, 6) is 0. The van der Waals surface area contributed by atoms with Crippen LogP contribution in [0.5, 0.6) is 0 Å². The van der Waals surface area contributed by atoms with Gasteiger partial charge in [0.2, 0.25) is 0 Å². The molecule has 2 aliphatic rings. The zero-order valence-electron chi connectivity index (χ0n) is 31.3. The van der Waals surface area contributed by atoms with E-state index in [-0.39, 0.29) is 0 Å². The third kappa shape index (κ3) is 3.53. The van der Waals surface area contributed by atoms with Crippen LogP contribution < -0.4 is 0 Å². The Morgan fingerprint density at radius 1 is 0.345 bits per heavy atom. The molecule has 1 spiro atoms. The summed E-state index contributed by atoms with van der Waals surface area (Å²) >= 11 is 0. The number of hydrogen-bond acceptors (Lipinski definition) is 1. The number of aromatic nitrogens is 2. The maximum atomic E-state index is 7.03. The molecule has 0 saturated carbocycles. The Balaban J connectivity index is 1.20. The molecule has 3 heterocycles. The molecule has 0 fully saturated rings. The second-order valence-corrected chi connectivity index (χ2v) is 15.9. The van der Waals surface area contributed by atoms with Gasteiger partial charge in [-0.05, 0) is 87.0 Å². The quantitative estimate of drug-likeness (QED) is 0.173. The van der Waals surface area contributed by atoms with Gasteiger partial charge in [-0.2, -0.15) is 0 Å². The molecule has 2 aliphatic carbocycles. The van der Waals surface area contributed by atoms with E-state index >= 15 is 0 Å². The van der Waals surface area contributed by atoms with Crippen molar-refractivity contribution >= 4 is 65.6 Å². The van der Waals surface area contributed by atoms with E-state index in [2.05, 4.69) is 203 Å². The van der Waals surface area contributed by atoms with Gasteiger partial charge < -0.3 is 13.6 Å². The Labute approximate surface area is 333 Å². The van der Waals surface area contributed by atoms with Crippen molar-refractivity contribution in [2.75, 3.05) is 0 Å². The van der Waals surface area contributed by atoms with Crippen molar-refractivity contribution in [1.82, 2.24) is 9.13 Å². The molecule has 0 unspecified atom stereocenters. The monoisotopic (exact) mass is 736 g/mol. The van der Waals surface area contributed by atoms with Gasteiger partial charge in [-0.3, -0.25) is 0 Å². The lowest BCUT2D eigenvalue weighted by Gasteiger charge is -2.30. The van der Waals surface area contributed by atoms with Gasteiger partial charge in [-0.25, -0.2) is 0 Å². The number of fused-ring (bicyclic) bond motifs is 22. The lowest BCUT2D eigenvalue weighted by Crippen LogP contribution is -2.26. The fourth-order valence-corrected chi connectivity index (χ4v) is 11.2. The number of benzene rings is 9. The van der Waals surface area contributed by atoms with Crippen molar-refractivity contribution < 1.29 is 4.42 Å². The van der Waals surface area contributed by atoms with Gasteiger partial charge in [-0.15, -0.1) is 0 Å². The van der Waals surface area contributed by atoms with Crippen molar-refractivity contribution in [3.8, 4) is 33.6 Å². The van der Waals surface area contributed by atoms with E-state index in [1.165, 1.54) is 77.1 Å². The number of para-hydroxylation sites is 4. The molecule has 0 N–H and O–H groups in total. The zero-order valence-corrected chi connectivity index (χ0v) is 31.3. The molecule has 58 heavy (non-hydrogen) atoms. The molecule has 0 radical (unpaired) electrons. The summed E-state index contributed by atoms with van der Waals surface area (Å²) < 4.78 is 12.0. The highest BCUT2D eigenvalue weighted by Gasteiger charge is 2.51. The minimum atomic E-state index is -0.444. The van der Waals surface area contributed by atoms with E-state index in [9.17, 15) is 0 Å². The summed E-state index contributed by atoms with van der Waals surface area (Å²) in [4.78, 5) is 0. The fourth-order valence-electron chi connectivity index (χ4n) is 11.2. The van der Waals surface area contributed by atoms with Crippen molar-refractivity contribution in [3.05, 3.63) is 216 Å². The maximum Gasteiger partial charge on any atom is 0.160 e. The molecular weight excluding hydrogens is 705 g/mol. The number of furan rings is 1. The average molecular weight is 737 g/mol. The maximum absolute atomic E-state index is 7.03. The SMILES string of the molecule is c1ccc(-n2c3ccccc3c3c2c2oc4ccccc4c2c2c4ccccc4n(-c4ccc5c(c4)C4(c6ccccc6-c6ccccc64)c4ccccc4-5)c23)cc1. The lowest BCUT2D eigenvalue weighted by atomic mass is 9.70. The van der Waals surface area contributed by atoms with Crippen LogP contribution in [0.2, 0.25) is 0 Å². The molecule has 3 heteroatoms. The second kappa shape index (κ2) is 10.8. The Morgan fingerprint density at radius 3 is 1.50 bits per heavy atom. The van der Waals surface area contributed by atoms with E-state index < -0.39 is 5.41 Å². The minimum absolute atomic E-state index is 0.444. The van der Waals surface area contributed by atoms with Crippen LogP contribution in [-0.4, -0.2) is 9.13 Å². The van der Waals surface area contributed by atoms with Crippen LogP contribution in [0.3, 0.4) is 0 Å². The van der Waals surface area contributed by atoms with E-state index in [0.717, 1.165) is 44.3 Å². The van der Waals surface area contributed by atoms with Gasteiger partial charge in [0, 0.05) is 43.7 Å². The van der Waals surface area contributed by atoms with Crippen LogP contribution in [0, 0.1) is 0 Å². The van der Waals surface area contributed by atoms with Crippen LogP contribution in [0.4, 0.5) is 0 Å². The summed E-state index contributed by atoms with van der Waals surface area (Å²) in [5.41, 5.74) is 18.8. The highest BCUT2D eigenvalue weighted by Crippen LogP contribution is 2.63. The predicted octanol–water partition coefficient (Wildman–Crippen LogP) is 14.1. The van der Waals surface area contributed by atoms with Gasteiger partial charge in [-0.1, -0.05) is 152 Å². The first-order chi connectivity index (χ1) is 28.8. The molecule has 12 aromatic rings. The number of nitrogens with zero attached hydrogens (tertiary/aromatic N) is 2. The summed E-state index contributed by atoms with van der Waals surface area (Å²) in [6.07, 6.45) is 0. The lowest BCUT2D eigenvalue weighted by molar-refractivity contribution is 0.671. The Hall–Kier alpha value is -7.62. The van der Waals surface area contributed by atoms with Crippen molar-refractivity contribution in [1.29, 1.82) is 0 Å². The van der Waals surface area contributed by atoms with E-state index in [1.54, 1.807) is 0 Å². The Morgan fingerprint density at radius 2 is 0.845 bits per heavy atom. The smallest absolute Gasteiger partial charge is 0.160 e. The van der Waals surface area contributed by atoms with Crippen molar-refractivity contribution in [2.24, 2.45) is 0 Å². The molecular formula is C55H32N2O. The third-order valence-electron chi connectivity index (χ3n) is 13.3. The molecule has 0 aliphatic heterocycles. The first-order valence-corrected chi connectivity index (χ1v) is 20.1. The molecule has 9 aromatic carbocycles. The fraction of sp³-hybridized carbons (Fsp3) is 0.0182. The van der Waals surface area contributed by atoms with Gasteiger partial charge in [0.05, 0.1) is 27.5 Å². The van der Waals surface area contributed by atoms with E-state index in [4.69, 9.17) is 4.42 Å². The number of rotatable bonds is 2. The summed E-state index contributed by atoms with van der Waals surface area (Å²) in [7, 11) is 0. The summed E-state index contributed by atoms with van der Waals surface area (Å²) in [6, 6.07) is 71.5. The first kappa shape index (κ1) is 30.6. The van der Waals surface area contributed by atoms with Gasteiger partial charge in [0.1, 0.15) is 5.58 Å². The molecule has 14 rings (SSSR count). The Kier molecular flexibility index (Phi) is 5.70. The van der Waals surface area contributed by atoms with Crippen LogP contribution >= 0.6 is 0 Å². The van der Waals surface area contributed by atoms with Crippen molar-refractivity contribution in [2.45, 2.75) is 5.41 Å². The molecule has 0 amide bonds. The predicted molar refractivity (Wildman–Crippen MR) is 239 cm³/mol. The average Bonchev–Trinajstić information content (AvgIpc) is 4.07. The standard InChI is InChI=1S/C55H32N2O/c1-2-16-33(17-3-1)56-47-28-14-8-22-40(47)51-52-49(50-41-23-9-15-29-48(41)58-54(50)53(51)56)39-21-7-13-27-46(39)57(52)34-30-31-38-37-20-6-12-26-44(37)55(45(38)32-34)42-24-10-4-18-35(42)36-19-5-11-25-43(36)55/h1-32H. The van der Waals surface area contributed by atoms with E-state index in [0.29, 0.717) is 0 Å². The second-order valence-electron chi connectivity index (χ2n) is 15.9. The summed E-state index contributed by atoms with van der Waals surface area (Å²) in [6.45, 7) is 0. The van der Waals surface area contributed by atoms with Gasteiger partial charge >= 0.3 is 0 Å². The number of hydrogen-bond donors (Lipinski definition) is 0. The highest BCUT2D eigenvalue weighted by atomic mass is 16.3. The van der Waals surface area contributed by atoms with Crippen LogP contribution in [0.15, 0.2) is 199 Å². The van der Waals surface area contributed by atoms with Crippen molar-refractivity contribution in [3.63, 3.8) is 0 Å². The molecule has 3 aromatic heterocycles.